The van der Waals surface area contributed by atoms with E-state index in [9.17, 15) is 24.6 Å². The van der Waals surface area contributed by atoms with Gasteiger partial charge in [0.25, 0.3) is 0 Å². The lowest BCUT2D eigenvalue weighted by Crippen LogP contribution is -2.55. The van der Waals surface area contributed by atoms with E-state index in [1.54, 1.807) is 37.3 Å². The van der Waals surface area contributed by atoms with Crippen molar-refractivity contribution in [2.75, 3.05) is 20.3 Å². The Morgan fingerprint density at radius 3 is 2.61 bits per heavy atom. The second kappa shape index (κ2) is 11.7. The van der Waals surface area contributed by atoms with Gasteiger partial charge in [-0.15, -0.1) is 0 Å². The lowest BCUT2D eigenvalue weighted by atomic mass is 9.77. The number of aldehydes is 1. The Bertz CT molecular complexity index is 1280. The molecule has 11 heteroatoms. The average molecular weight is 563 g/mol. The first-order valence-electron chi connectivity index (χ1n) is 12.1. The van der Waals surface area contributed by atoms with E-state index >= 15 is 0 Å². The van der Waals surface area contributed by atoms with Crippen LogP contribution in [0.1, 0.15) is 40.7 Å². The lowest BCUT2D eigenvalue weighted by molar-refractivity contribution is -0.137. The quantitative estimate of drug-likeness (QED) is 0.401. The molecule has 0 spiro atoms. The van der Waals surface area contributed by atoms with Gasteiger partial charge in [-0.2, -0.15) is 0 Å². The zero-order valence-electron chi connectivity index (χ0n) is 20.8. The van der Waals surface area contributed by atoms with Crippen LogP contribution in [-0.4, -0.2) is 71.7 Å². The second-order valence-corrected chi connectivity index (χ2v) is 9.84. The molecule has 2 aliphatic rings. The molecule has 0 bridgehead atoms. The van der Waals surface area contributed by atoms with Crippen LogP contribution >= 0.6 is 23.2 Å². The number of rotatable bonds is 9. The fraction of sp³-hybridized carbons (Fsp3) is 0.370. The summed E-state index contributed by atoms with van der Waals surface area (Å²) in [6.07, 6.45) is 0.181. The molecule has 202 valence electrons. The summed E-state index contributed by atoms with van der Waals surface area (Å²) in [7, 11) is 1.43. The van der Waals surface area contributed by atoms with Crippen LogP contribution in [-0.2, 0) is 16.1 Å². The smallest absolute Gasteiger partial charge is 0.247 e. The standard InChI is InChI=1S/C27H28Cl2N2O7/c1-3-22(34)31(12-14-4-5-18(28)19(29)9-14)20-11-17(27(36)30-6-7-32)23-16-8-15(13-33)10-21(37-2)25(16)38-26(23)24(20)35/h4-5,8-11,13,20,23-24,26,32,35H,3,6-7,12H2,1-2H3,(H,30,36). The number of nitrogens with one attached hydrogen (secondary N) is 1. The van der Waals surface area contributed by atoms with Gasteiger partial charge in [0.15, 0.2) is 11.5 Å². The fourth-order valence-corrected chi connectivity index (χ4v) is 5.28. The molecule has 1 aliphatic heterocycles. The Hall–Kier alpha value is -3.11. The van der Waals surface area contributed by atoms with E-state index in [-0.39, 0.29) is 43.3 Å². The van der Waals surface area contributed by atoms with Gasteiger partial charge in [0.2, 0.25) is 11.8 Å². The van der Waals surface area contributed by atoms with E-state index in [0.717, 1.165) is 0 Å². The van der Waals surface area contributed by atoms with Crippen molar-refractivity contribution in [2.24, 2.45) is 0 Å². The molecule has 1 heterocycles. The topological polar surface area (TPSA) is 125 Å². The van der Waals surface area contributed by atoms with E-state index in [4.69, 9.17) is 32.7 Å². The molecule has 3 N–H and O–H groups in total. The van der Waals surface area contributed by atoms with Crippen LogP contribution in [0.5, 0.6) is 11.5 Å². The van der Waals surface area contributed by atoms with Crippen LogP contribution in [0.15, 0.2) is 42.0 Å². The largest absolute Gasteiger partial charge is 0.493 e. The number of carbonyl (C=O) groups is 3. The number of nitrogens with zero attached hydrogens (tertiary/aromatic N) is 1. The number of aliphatic hydroxyl groups excluding tert-OH is 2. The third kappa shape index (κ3) is 5.24. The number of hydrogen-bond donors (Lipinski definition) is 3. The Labute approximate surface area is 229 Å². The molecule has 1 aliphatic carbocycles. The molecular weight excluding hydrogens is 535 g/mol. The Kier molecular flexibility index (Phi) is 8.62. The molecule has 0 saturated carbocycles. The van der Waals surface area contributed by atoms with Crippen LogP contribution in [0.25, 0.3) is 0 Å². The summed E-state index contributed by atoms with van der Waals surface area (Å²) in [5.41, 5.74) is 1.75. The number of fused-ring (bicyclic) bond motifs is 3. The van der Waals surface area contributed by atoms with E-state index in [1.165, 1.54) is 18.1 Å². The number of benzene rings is 2. The van der Waals surface area contributed by atoms with Gasteiger partial charge < -0.3 is 29.9 Å². The van der Waals surface area contributed by atoms with E-state index in [2.05, 4.69) is 5.32 Å². The number of halogens is 2. The molecule has 2 aromatic carbocycles. The molecular formula is C27H28Cl2N2O7. The van der Waals surface area contributed by atoms with Gasteiger partial charge in [0, 0.05) is 36.2 Å². The normalized spacial score (nSPS) is 21.5. The average Bonchev–Trinajstić information content (AvgIpc) is 3.32. The van der Waals surface area contributed by atoms with Gasteiger partial charge in [-0.1, -0.05) is 36.2 Å². The summed E-state index contributed by atoms with van der Waals surface area (Å²) in [4.78, 5) is 39.5. The Morgan fingerprint density at radius 2 is 1.97 bits per heavy atom. The molecule has 2 amide bonds. The SMILES string of the molecule is CCC(=O)N(Cc1ccc(Cl)c(Cl)c1)C1C=C(C(=O)NCCO)C2c3cc(C=O)cc(OC)c3OC2C1O. The van der Waals surface area contributed by atoms with Crippen molar-refractivity contribution in [3.63, 3.8) is 0 Å². The summed E-state index contributed by atoms with van der Waals surface area (Å²) < 4.78 is 11.6. The molecule has 38 heavy (non-hydrogen) atoms. The Balaban J connectivity index is 1.81. The van der Waals surface area contributed by atoms with Crippen molar-refractivity contribution in [2.45, 2.75) is 44.1 Å². The van der Waals surface area contributed by atoms with Crippen molar-refractivity contribution in [1.29, 1.82) is 0 Å². The molecule has 0 aromatic heterocycles. The van der Waals surface area contributed by atoms with Crippen molar-refractivity contribution in [3.8, 4) is 11.5 Å². The van der Waals surface area contributed by atoms with Gasteiger partial charge in [-0.3, -0.25) is 14.4 Å². The van der Waals surface area contributed by atoms with E-state index in [1.807, 2.05) is 0 Å². The number of aliphatic hydroxyl groups is 2. The second-order valence-electron chi connectivity index (χ2n) is 9.03. The summed E-state index contributed by atoms with van der Waals surface area (Å²) in [6, 6.07) is 7.18. The Morgan fingerprint density at radius 1 is 1.21 bits per heavy atom. The maximum absolute atomic E-state index is 13.3. The lowest BCUT2D eigenvalue weighted by Gasteiger charge is -2.40. The van der Waals surface area contributed by atoms with E-state index in [0.29, 0.717) is 38.8 Å². The highest BCUT2D eigenvalue weighted by atomic mass is 35.5. The van der Waals surface area contributed by atoms with Crippen LogP contribution in [0.4, 0.5) is 0 Å². The zero-order valence-corrected chi connectivity index (χ0v) is 22.3. The van der Waals surface area contributed by atoms with Crippen molar-refractivity contribution in [1.82, 2.24) is 10.2 Å². The fourth-order valence-electron chi connectivity index (χ4n) is 4.96. The predicted molar refractivity (Wildman–Crippen MR) is 141 cm³/mol. The summed E-state index contributed by atoms with van der Waals surface area (Å²) in [5.74, 6) is -0.897. The first-order chi connectivity index (χ1) is 18.2. The molecule has 9 nitrogen and oxygen atoms in total. The van der Waals surface area contributed by atoms with Crippen LogP contribution in [0.2, 0.25) is 10.0 Å². The molecule has 0 saturated heterocycles. The van der Waals surface area contributed by atoms with Gasteiger partial charge in [-0.05, 0) is 35.9 Å². The highest BCUT2D eigenvalue weighted by Crippen LogP contribution is 2.51. The summed E-state index contributed by atoms with van der Waals surface area (Å²) in [5, 5.41) is 24.2. The monoisotopic (exact) mass is 562 g/mol. The molecule has 2 aromatic rings. The van der Waals surface area contributed by atoms with Crippen molar-refractivity contribution < 1.29 is 34.1 Å². The maximum atomic E-state index is 13.3. The minimum absolute atomic E-state index is 0.00702. The highest BCUT2D eigenvalue weighted by molar-refractivity contribution is 6.42. The summed E-state index contributed by atoms with van der Waals surface area (Å²) in [6.45, 7) is 1.53. The van der Waals surface area contributed by atoms with Gasteiger partial charge >= 0.3 is 0 Å². The third-order valence-electron chi connectivity index (χ3n) is 6.73. The zero-order chi connectivity index (χ0) is 27.6. The summed E-state index contributed by atoms with van der Waals surface area (Å²) >= 11 is 12.2. The number of methoxy groups -OCH3 is 1. The third-order valence-corrected chi connectivity index (χ3v) is 7.47. The van der Waals surface area contributed by atoms with Crippen LogP contribution < -0.4 is 14.8 Å². The first kappa shape index (κ1) is 27.9. The molecule has 0 radical (unpaired) electrons. The van der Waals surface area contributed by atoms with Crippen molar-refractivity contribution >= 4 is 41.3 Å². The minimum atomic E-state index is -1.23. The molecule has 4 atom stereocenters. The van der Waals surface area contributed by atoms with Crippen LogP contribution in [0, 0.1) is 0 Å². The first-order valence-corrected chi connectivity index (χ1v) is 12.9. The molecule has 0 fully saturated rings. The van der Waals surface area contributed by atoms with Gasteiger partial charge in [0.05, 0.1) is 35.7 Å². The van der Waals surface area contributed by atoms with Gasteiger partial charge in [0.1, 0.15) is 18.5 Å². The minimum Gasteiger partial charge on any atom is -0.493 e. The molecule has 4 rings (SSSR count). The number of hydrogen-bond acceptors (Lipinski definition) is 7. The predicted octanol–water partition coefficient (Wildman–Crippen LogP) is 2.88. The maximum Gasteiger partial charge on any atom is 0.247 e. The van der Waals surface area contributed by atoms with Crippen molar-refractivity contribution in [3.05, 3.63) is 68.7 Å². The number of carbonyl (C=O) groups excluding carboxylic acids is 3. The number of ether oxygens (including phenoxy) is 2. The molecule has 4 unspecified atom stereocenters. The van der Waals surface area contributed by atoms with Gasteiger partial charge in [-0.25, -0.2) is 0 Å². The van der Waals surface area contributed by atoms with E-state index < -0.39 is 30.1 Å². The highest BCUT2D eigenvalue weighted by Gasteiger charge is 2.51. The van der Waals surface area contributed by atoms with Crippen LogP contribution in [0.3, 0.4) is 0 Å². The number of amides is 2.